The molecule has 0 saturated heterocycles. The molecule has 2 heterocycles. The molecule has 0 aliphatic rings. The Kier molecular flexibility index (Phi) is 2.62. The highest BCUT2D eigenvalue weighted by atomic mass is 79.9. The standard InChI is InChI=1S/C6H4BrN3.BrH/c7-6-4-1-2-8-3-5(4)9-10-6;/h1-3H,(H,9,10);1H. The van der Waals surface area contributed by atoms with Crippen molar-refractivity contribution in [3.05, 3.63) is 23.1 Å². The molecule has 0 saturated carbocycles. The van der Waals surface area contributed by atoms with Gasteiger partial charge < -0.3 is 0 Å². The van der Waals surface area contributed by atoms with Crippen LogP contribution in [0.3, 0.4) is 0 Å². The minimum absolute atomic E-state index is 0. The Bertz CT molecular complexity index is 357. The maximum absolute atomic E-state index is 3.98. The van der Waals surface area contributed by atoms with E-state index < -0.39 is 0 Å². The number of hydrogen-bond acceptors (Lipinski definition) is 2. The molecule has 0 unspecified atom stereocenters. The number of nitrogens with one attached hydrogen (secondary N) is 1. The molecule has 0 atom stereocenters. The number of halogens is 2. The van der Waals surface area contributed by atoms with Crippen molar-refractivity contribution in [2.24, 2.45) is 0 Å². The van der Waals surface area contributed by atoms with E-state index in [1.165, 1.54) is 0 Å². The number of pyridine rings is 1. The summed E-state index contributed by atoms with van der Waals surface area (Å²) < 4.78 is 0.907. The summed E-state index contributed by atoms with van der Waals surface area (Å²) in [4.78, 5) is 3.92. The molecule has 11 heavy (non-hydrogen) atoms. The summed E-state index contributed by atoms with van der Waals surface area (Å²) in [5.74, 6) is 0. The van der Waals surface area contributed by atoms with Gasteiger partial charge in [-0.05, 0) is 22.0 Å². The normalized spacial score (nSPS) is 9.55. The summed E-state index contributed by atoms with van der Waals surface area (Å²) in [6.07, 6.45) is 3.46. The van der Waals surface area contributed by atoms with E-state index in [0.29, 0.717) is 0 Å². The number of fused-ring (bicyclic) bond motifs is 1. The van der Waals surface area contributed by atoms with E-state index in [1.54, 1.807) is 12.4 Å². The van der Waals surface area contributed by atoms with Crippen molar-refractivity contribution in [2.45, 2.75) is 0 Å². The van der Waals surface area contributed by atoms with Gasteiger partial charge >= 0.3 is 0 Å². The molecular weight excluding hydrogens is 274 g/mol. The molecule has 0 aliphatic heterocycles. The van der Waals surface area contributed by atoms with Gasteiger partial charge in [0.25, 0.3) is 0 Å². The highest BCUT2D eigenvalue weighted by Crippen LogP contribution is 2.18. The molecule has 5 heteroatoms. The first-order valence-electron chi connectivity index (χ1n) is 2.81. The van der Waals surface area contributed by atoms with Gasteiger partial charge in [-0.3, -0.25) is 10.1 Å². The highest BCUT2D eigenvalue weighted by molar-refractivity contribution is 9.10. The molecule has 0 amide bonds. The number of hydrogen-bond donors (Lipinski definition) is 1. The van der Waals surface area contributed by atoms with Gasteiger partial charge in [0.1, 0.15) is 10.1 Å². The van der Waals surface area contributed by atoms with Crippen molar-refractivity contribution in [3.63, 3.8) is 0 Å². The lowest BCUT2D eigenvalue weighted by Crippen LogP contribution is -1.69. The van der Waals surface area contributed by atoms with Crippen molar-refractivity contribution >= 4 is 43.8 Å². The average molecular weight is 279 g/mol. The smallest absolute Gasteiger partial charge is 0.112 e. The van der Waals surface area contributed by atoms with Crippen molar-refractivity contribution < 1.29 is 0 Å². The molecule has 0 aromatic carbocycles. The number of aromatic amines is 1. The predicted molar refractivity (Wildman–Crippen MR) is 51.9 cm³/mol. The molecule has 0 aliphatic carbocycles. The quantitative estimate of drug-likeness (QED) is 0.803. The summed E-state index contributed by atoms with van der Waals surface area (Å²) in [5, 5.41) is 7.85. The van der Waals surface area contributed by atoms with Crippen molar-refractivity contribution in [2.75, 3.05) is 0 Å². The zero-order valence-corrected chi connectivity index (χ0v) is 8.71. The Morgan fingerprint density at radius 2 is 2.27 bits per heavy atom. The van der Waals surface area contributed by atoms with Crippen molar-refractivity contribution in [3.8, 4) is 0 Å². The number of rotatable bonds is 0. The second-order valence-electron chi connectivity index (χ2n) is 1.93. The molecule has 2 rings (SSSR count). The van der Waals surface area contributed by atoms with Gasteiger partial charge in [0.15, 0.2) is 0 Å². The lowest BCUT2D eigenvalue weighted by Gasteiger charge is -1.82. The van der Waals surface area contributed by atoms with E-state index >= 15 is 0 Å². The first-order chi connectivity index (χ1) is 4.88. The summed E-state index contributed by atoms with van der Waals surface area (Å²) >= 11 is 3.32. The first kappa shape index (κ1) is 8.67. The molecule has 58 valence electrons. The van der Waals surface area contributed by atoms with Crippen LogP contribution < -0.4 is 0 Å². The highest BCUT2D eigenvalue weighted by Gasteiger charge is 1.98. The summed E-state index contributed by atoms with van der Waals surface area (Å²) in [5.41, 5.74) is 0.884. The van der Waals surface area contributed by atoms with Crippen molar-refractivity contribution in [1.82, 2.24) is 15.2 Å². The maximum atomic E-state index is 3.98. The van der Waals surface area contributed by atoms with Crippen molar-refractivity contribution in [1.29, 1.82) is 0 Å². The van der Waals surface area contributed by atoms with Crippen LogP contribution >= 0.6 is 32.9 Å². The molecule has 0 spiro atoms. The third-order valence-electron chi connectivity index (χ3n) is 1.31. The predicted octanol–water partition coefficient (Wildman–Crippen LogP) is 2.30. The monoisotopic (exact) mass is 277 g/mol. The SMILES string of the molecule is Br.Brc1[nH]nc2cnccc12. The largest absolute Gasteiger partial charge is 0.270 e. The van der Waals surface area contributed by atoms with E-state index in [-0.39, 0.29) is 17.0 Å². The van der Waals surface area contributed by atoms with Crippen LogP contribution in [-0.4, -0.2) is 15.2 Å². The minimum Gasteiger partial charge on any atom is -0.270 e. The van der Waals surface area contributed by atoms with Crippen LogP contribution in [0.4, 0.5) is 0 Å². The fraction of sp³-hybridized carbons (Fsp3) is 0. The average Bonchev–Trinajstić information content (AvgIpc) is 2.34. The third-order valence-corrected chi connectivity index (χ3v) is 1.92. The van der Waals surface area contributed by atoms with Gasteiger partial charge in [0.05, 0.1) is 6.20 Å². The Labute approximate surface area is 82.1 Å². The fourth-order valence-corrected chi connectivity index (χ4v) is 1.25. The number of H-pyrrole nitrogens is 1. The van der Waals surface area contributed by atoms with Gasteiger partial charge in [-0.2, -0.15) is 5.10 Å². The first-order valence-corrected chi connectivity index (χ1v) is 3.61. The van der Waals surface area contributed by atoms with E-state index in [9.17, 15) is 0 Å². The van der Waals surface area contributed by atoms with Crippen LogP contribution in [0.5, 0.6) is 0 Å². The van der Waals surface area contributed by atoms with Crippen LogP contribution in [0.15, 0.2) is 23.1 Å². The van der Waals surface area contributed by atoms with E-state index in [1.807, 2.05) is 6.07 Å². The van der Waals surface area contributed by atoms with Crippen LogP contribution in [0.2, 0.25) is 0 Å². The molecule has 2 aromatic heterocycles. The lowest BCUT2D eigenvalue weighted by molar-refractivity contribution is 1.09. The Hall–Kier alpha value is -0.420. The van der Waals surface area contributed by atoms with Crippen LogP contribution in [0.25, 0.3) is 10.9 Å². The van der Waals surface area contributed by atoms with E-state index in [4.69, 9.17) is 0 Å². The third kappa shape index (κ3) is 1.44. The summed E-state index contributed by atoms with van der Waals surface area (Å²) in [7, 11) is 0. The zero-order chi connectivity index (χ0) is 6.97. The van der Waals surface area contributed by atoms with Gasteiger partial charge in [0, 0.05) is 11.6 Å². The maximum Gasteiger partial charge on any atom is 0.112 e. The van der Waals surface area contributed by atoms with Gasteiger partial charge in [-0.1, -0.05) is 0 Å². The molecule has 0 radical (unpaired) electrons. The van der Waals surface area contributed by atoms with Crippen LogP contribution in [0, 0.1) is 0 Å². The summed E-state index contributed by atoms with van der Waals surface area (Å²) in [6.45, 7) is 0. The second kappa shape index (κ2) is 3.32. The Morgan fingerprint density at radius 1 is 1.45 bits per heavy atom. The van der Waals surface area contributed by atoms with Crippen LogP contribution in [-0.2, 0) is 0 Å². The Morgan fingerprint density at radius 3 is 3.00 bits per heavy atom. The fourth-order valence-electron chi connectivity index (χ4n) is 0.830. The molecule has 0 fully saturated rings. The summed E-state index contributed by atoms with van der Waals surface area (Å²) in [6, 6.07) is 1.91. The molecule has 1 N–H and O–H groups in total. The van der Waals surface area contributed by atoms with Crippen LogP contribution in [0.1, 0.15) is 0 Å². The van der Waals surface area contributed by atoms with E-state index in [2.05, 4.69) is 31.1 Å². The molecule has 3 nitrogen and oxygen atoms in total. The number of aromatic nitrogens is 3. The van der Waals surface area contributed by atoms with E-state index in [0.717, 1.165) is 15.5 Å². The Balaban J connectivity index is 0.000000605. The van der Waals surface area contributed by atoms with Gasteiger partial charge in [-0.25, -0.2) is 0 Å². The lowest BCUT2D eigenvalue weighted by atomic mass is 10.3. The number of nitrogens with zero attached hydrogens (tertiary/aromatic N) is 2. The van der Waals surface area contributed by atoms with Gasteiger partial charge in [-0.15, -0.1) is 17.0 Å². The second-order valence-corrected chi connectivity index (χ2v) is 2.72. The molecular formula is C6H5Br2N3. The minimum atomic E-state index is 0. The zero-order valence-electron chi connectivity index (χ0n) is 5.41. The molecule has 0 bridgehead atoms. The van der Waals surface area contributed by atoms with Gasteiger partial charge in [0.2, 0.25) is 0 Å². The molecule has 2 aromatic rings. The topological polar surface area (TPSA) is 41.6 Å².